The Morgan fingerprint density at radius 1 is 1.33 bits per heavy atom. The van der Waals surface area contributed by atoms with Crippen LogP contribution in [-0.2, 0) is 13.0 Å². The summed E-state index contributed by atoms with van der Waals surface area (Å²) in [5, 5.41) is 11.9. The van der Waals surface area contributed by atoms with E-state index in [0.29, 0.717) is 25.0 Å². The molecule has 0 spiro atoms. The fourth-order valence-corrected chi connectivity index (χ4v) is 2.64. The van der Waals surface area contributed by atoms with Gasteiger partial charge < -0.3 is 19.4 Å². The largest absolute Gasteiger partial charge is 0.478 e. The zero-order chi connectivity index (χ0) is 17.1. The molecule has 2 N–H and O–H groups in total. The summed E-state index contributed by atoms with van der Waals surface area (Å²) >= 11 is 0. The monoisotopic (exact) mass is 327 g/mol. The molecule has 0 saturated carbocycles. The molecule has 2 aromatic heterocycles. The first-order chi connectivity index (χ1) is 11.6. The number of imidazole rings is 1. The maximum Gasteiger partial charge on any atom is 0.335 e. The maximum atomic E-state index is 11.8. The Morgan fingerprint density at radius 3 is 2.83 bits per heavy atom. The molecule has 0 saturated heterocycles. The Morgan fingerprint density at radius 2 is 2.17 bits per heavy atom. The molecule has 7 heteroatoms. The molecule has 0 unspecified atom stereocenters. The minimum Gasteiger partial charge on any atom is -0.478 e. The molecule has 0 aliphatic heterocycles. The first kappa shape index (κ1) is 15.8. The zero-order valence-corrected chi connectivity index (χ0v) is 13.2. The van der Waals surface area contributed by atoms with Crippen LogP contribution in [0.5, 0.6) is 0 Å². The molecule has 3 aromatic rings. The predicted molar refractivity (Wildman–Crippen MR) is 87.1 cm³/mol. The summed E-state index contributed by atoms with van der Waals surface area (Å²) in [5.41, 5.74) is 1.74. The third kappa shape index (κ3) is 3.01. The number of hydrogen-bond acceptors (Lipinski definition) is 4. The zero-order valence-electron chi connectivity index (χ0n) is 13.2. The number of aromatic nitrogens is 2. The van der Waals surface area contributed by atoms with Gasteiger partial charge >= 0.3 is 5.97 Å². The van der Waals surface area contributed by atoms with E-state index in [1.165, 1.54) is 6.26 Å². The van der Waals surface area contributed by atoms with Gasteiger partial charge in [-0.3, -0.25) is 4.79 Å². The van der Waals surface area contributed by atoms with Crippen LogP contribution in [0.1, 0.15) is 33.7 Å². The Labute approximate surface area is 137 Å². The Bertz CT molecular complexity index is 881. The fraction of sp³-hybridized carbons (Fsp3) is 0.235. The Kier molecular flexibility index (Phi) is 4.33. The van der Waals surface area contributed by atoms with Gasteiger partial charge in [0, 0.05) is 19.5 Å². The molecular formula is C17H17N3O4. The van der Waals surface area contributed by atoms with Crippen LogP contribution in [-0.4, -0.2) is 33.1 Å². The lowest BCUT2D eigenvalue weighted by Crippen LogP contribution is -2.26. The first-order valence-electron chi connectivity index (χ1n) is 7.64. The highest BCUT2D eigenvalue weighted by atomic mass is 16.4. The smallest absolute Gasteiger partial charge is 0.335 e. The van der Waals surface area contributed by atoms with Crippen LogP contribution in [0.3, 0.4) is 0 Å². The standard InChI is InChI=1S/C17H17N3O4/c1-2-20-13-6-5-11(17(22)23)10-12(13)19-15(20)7-8-18-16(21)14-4-3-9-24-14/h3-6,9-10H,2,7-8H2,1H3,(H,18,21)(H,22,23). The summed E-state index contributed by atoms with van der Waals surface area (Å²) in [7, 11) is 0. The van der Waals surface area contributed by atoms with Gasteiger partial charge in [0.1, 0.15) is 5.82 Å². The van der Waals surface area contributed by atoms with Crippen molar-refractivity contribution in [3.8, 4) is 0 Å². The van der Waals surface area contributed by atoms with Gasteiger partial charge in [-0.05, 0) is 37.3 Å². The quantitative estimate of drug-likeness (QED) is 0.724. The van der Waals surface area contributed by atoms with Crippen molar-refractivity contribution in [1.82, 2.24) is 14.9 Å². The van der Waals surface area contributed by atoms with Gasteiger partial charge in [-0.15, -0.1) is 0 Å². The number of carboxylic acids is 1. The molecule has 3 rings (SSSR count). The lowest BCUT2D eigenvalue weighted by Gasteiger charge is -2.06. The summed E-state index contributed by atoms with van der Waals surface area (Å²) < 4.78 is 7.05. The van der Waals surface area contributed by atoms with E-state index in [9.17, 15) is 9.59 Å². The van der Waals surface area contributed by atoms with Crippen LogP contribution in [0.4, 0.5) is 0 Å². The number of carbonyl (C=O) groups is 2. The lowest BCUT2D eigenvalue weighted by molar-refractivity contribution is 0.0696. The fourth-order valence-electron chi connectivity index (χ4n) is 2.64. The highest BCUT2D eigenvalue weighted by molar-refractivity contribution is 5.92. The number of benzene rings is 1. The number of amides is 1. The molecule has 24 heavy (non-hydrogen) atoms. The molecule has 1 amide bonds. The van der Waals surface area contributed by atoms with E-state index in [1.807, 2.05) is 11.5 Å². The van der Waals surface area contributed by atoms with Crippen molar-refractivity contribution in [3.05, 3.63) is 53.7 Å². The van der Waals surface area contributed by atoms with Crippen LogP contribution in [0.25, 0.3) is 11.0 Å². The number of carbonyl (C=O) groups excluding carboxylic acids is 1. The minimum absolute atomic E-state index is 0.209. The highest BCUT2D eigenvalue weighted by Crippen LogP contribution is 2.18. The second-order valence-electron chi connectivity index (χ2n) is 5.26. The van der Waals surface area contributed by atoms with Gasteiger partial charge in [0.05, 0.1) is 22.9 Å². The van der Waals surface area contributed by atoms with Crippen molar-refractivity contribution in [1.29, 1.82) is 0 Å². The van der Waals surface area contributed by atoms with E-state index in [0.717, 1.165) is 11.3 Å². The third-order valence-corrected chi connectivity index (χ3v) is 3.77. The molecule has 0 atom stereocenters. The van der Waals surface area contributed by atoms with Gasteiger partial charge in [-0.2, -0.15) is 0 Å². The van der Waals surface area contributed by atoms with E-state index in [-0.39, 0.29) is 17.2 Å². The van der Waals surface area contributed by atoms with E-state index in [4.69, 9.17) is 9.52 Å². The van der Waals surface area contributed by atoms with Crippen molar-refractivity contribution in [2.24, 2.45) is 0 Å². The Hall–Kier alpha value is -3.09. The van der Waals surface area contributed by atoms with Crippen LogP contribution < -0.4 is 5.32 Å². The van der Waals surface area contributed by atoms with E-state index in [1.54, 1.807) is 30.3 Å². The number of nitrogens with one attached hydrogen (secondary N) is 1. The van der Waals surface area contributed by atoms with Crippen molar-refractivity contribution < 1.29 is 19.1 Å². The number of carboxylic acid groups (broad SMARTS) is 1. The summed E-state index contributed by atoms with van der Waals surface area (Å²) in [6, 6.07) is 8.16. The van der Waals surface area contributed by atoms with Gasteiger partial charge in [0.15, 0.2) is 5.76 Å². The summed E-state index contributed by atoms with van der Waals surface area (Å²) in [6.07, 6.45) is 1.99. The summed E-state index contributed by atoms with van der Waals surface area (Å²) in [5.74, 6) is -0.178. The average molecular weight is 327 g/mol. The normalized spacial score (nSPS) is 10.9. The van der Waals surface area contributed by atoms with Crippen molar-refractivity contribution in [2.75, 3.05) is 6.54 Å². The van der Waals surface area contributed by atoms with Gasteiger partial charge in [-0.25, -0.2) is 9.78 Å². The van der Waals surface area contributed by atoms with Crippen LogP contribution in [0.15, 0.2) is 41.0 Å². The van der Waals surface area contributed by atoms with Crippen molar-refractivity contribution in [3.63, 3.8) is 0 Å². The molecule has 0 aliphatic rings. The molecule has 0 aliphatic carbocycles. The molecule has 124 valence electrons. The van der Waals surface area contributed by atoms with Crippen molar-refractivity contribution in [2.45, 2.75) is 19.9 Å². The second-order valence-corrected chi connectivity index (χ2v) is 5.26. The molecular weight excluding hydrogens is 310 g/mol. The summed E-state index contributed by atoms with van der Waals surface area (Å²) in [4.78, 5) is 27.4. The van der Waals surface area contributed by atoms with Crippen LogP contribution >= 0.6 is 0 Å². The van der Waals surface area contributed by atoms with Gasteiger partial charge in [0.25, 0.3) is 5.91 Å². The molecule has 0 radical (unpaired) electrons. The number of rotatable bonds is 6. The number of aromatic carboxylic acids is 1. The topological polar surface area (TPSA) is 97.4 Å². The van der Waals surface area contributed by atoms with Gasteiger partial charge in [0.2, 0.25) is 0 Å². The average Bonchev–Trinajstić information content (AvgIpc) is 3.21. The van der Waals surface area contributed by atoms with Crippen molar-refractivity contribution >= 4 is 22.9 Å². The highest BCUT2D eigenvalue weighted by Gasteiger charge is 2.13. The molecule has 7 nitrogen and oxygen atoms in total. The third-order valence-electron chi connectivity index (χ3n) is 3.77. The molecule has 0 fully saturated rings. The molecule has 2 heterocycles. The van der Waals surface area contributed by atoms with E-state index in [2.05, 4.69) is 10.3 Å². The number of fused-ring (bicyclic) bond motifs is 1. The minimum atomic E-state index is -0.977. The van der Waals surface area contributed by atoms with Crippen LogP contribution in [0.2, 0.25) is 0 Å². The number of nitrogens with zero attached hydrogens (tertiary/aromatic N) is 2. The predicted octanol–water partition coefficient (Wildman–Crippen LogP) is 2.32. The Balaban J connectivity index is 1.76. The summed E-state index contributed by atoms with van der Waals surface area (Å²) in [6.45, 7) is 3.12. The lowest BCUT2D eigenvalue weighted by atomic mass is 10.2. The SMILES string of the molecule is CCn1c(CCNC(=O)c2ccco2)nc2cc(C(=O)O)ccc21. The number of aryl methyl sites for hydroxylation is 1. The number of furan rings is 1. The first-order valence-corrected chi connectivity index (χ1v) is 7.64. The van der Waals surface area contributed by atoms with Crippen LogP contribution in [0, 0.1) is 0 Å². The van der Waals surface area contributed by atoms with Gasteiger partial charge in [-0.1, -0.05) is 0 Å². The maximum absolute atomic E-state index is 11.8. The number of hydrogen-bond donors (Lipinski definition) is 2. The molecule has 1 aromatic carbocycles. The van der Waals surface area contributed by atoms with E-state index >= 15 is 0 Å². The molecule has 0 bridgehead atoms. The van der Waals surface area contributed by atoms with E-state index < -0.39 is 5.97 Å². The second kappa shape index (κ2) is 6.57.